The molecule has 1 aromatic rings. The molecule has 1 unspecified atom stereocenters. The number of rotatable bonds is 7. The van der Waals surface area contributed by atoms with Crippen LogP contribution < -0.4 is 11.1 Å². The van der Waals surface area contributed by atoms with Gasteiger partial charge in [0.15, 0.2) is 0 Å². The van der Waals surface area contributed by atoms with Crippen LogP contribution in [0.3, 0.4) is 0 Å². The van der Waals surface area contributed by atoms with E-state index in [-0.39, 0.29) is 11.2 Å². The van der Waals surface area contributed by atoms with Crippen molar-refractivity contribution in [1.82, 2.24) is 5.32 Å². The maximum atomic E-state index is 11.5. The molecule has 0 aliphatic heterocycles. The van der Waals surface area contributed by atoms with Crippen LogP contribution >= 0.6 is 23.4 Å². The van der Waals surface area contributed by atoms with Gasteiger partial charge in [0.05, 0.1) is 5.75 Å². The lowest BCUT2D eigenvalue weighted by molar-refractivity contribution is -0.118. The highest BCUT2D eigenvalue weighted by atomic mass is 35.5. The van der Waals surface area contributed by atoms with Gasteiger partial charge in [-0.3, -0.25) is 4.79 Å². The van der Waals surface area contributed by atoms with E-state index in [1.165, 1.54) is 11.8 Å². The summed E-state index contributed by atoms with van der Waals surface area (Å²) >= 11 is 7.65. The largest absolute Gasteiger partial charge is 0.355 e. The molecule has 1 amide bonds. The molecule has 0 heterocycles. The molecule has 1 aromatic carbocycles. The van der Waals surface area contributed by atoms with Crippen molar-refractivity contribution in [3.63, 3.8) is 0 Å². The molecule has 0 bridgehead atoms. The number of hydrogen-bond acceptors (Lipinski definition) is 3. The molecule has 0 radical (unpaired) electrons. The average Bonchev–Trinajstić information content (AvgIpc) is 2.39. The van der Waals surface area contributed by atoms with Crippen molar-refractivity contribution < 1.29 is 4.79 Å². The summed E-state index contributed by atoms with van der Waals surface area (Å²) in [4.78, 5) is 11.5. The Morgan fingerprint density at radius 3 is 2.83 bits per heavy atom. The summed E-state index contributed by atoms with van der Waals surface area (Å²) in [7, 11) is 0. The third-order valence-electron chi connectivity index (χ3n) is 2.45. The zero-order valence-corrected chi connectivity index (χ0v) is 12.1. The van der Waals surface area contributed by atoms with Crippen molar-refractivity contribution in [2.75, 3.05) is 18.8 Å². The van der Waals surface area contributed by atoms with E-state index in [9.17, 15) is 4.79 Å². The molecule has 0 aliphatic rings. The summed E-state index contributed by atoms with van der Waals surface area (Å²) in [6.07, 6.45) is 0.946. The molecule has 1 rings (SSSR count). The minimum atomic E-state index is 0.0485. The minimum absolute atomic E-state index is 0.0485. The number of amides is 1. The molecular weight excluding hydrogens is 268 g/mol. The number of thioether (sulfide) groups is 1. The van der Waals surface area contributed by atoms with Crippen LogP contribution in [0.15, 0.2) is 24.3 Å². The Bertz CT molecular complexity index is 387. The summed E-state index contributed by atoms with van der Waals surface area (Å²) in [5.41, 5.74) is 6.74. The second-order valence-electron chi connectivity index (χ2n) is 3.91. The third-order valence-corrected chi connectivity index (χ3v) is 4.08. The van der Waals surface area contributed by atoms with Crippen LogP contribution in [0.1, 0.15) is 24.2 Å². The number of carbonyl (C=O) groups excluding carboxylic acids is 1. The molecule has 3 nitrogen and oxygen atoms in total. The van der Waals surface area contributed by atoms with Gasteiger partial charge >= 0.3 is 0 Å². The van der Waals surface area contributed by atoms with Crippen LogP contribution in [0.25, 0.3) is 0 Å². The maximum Gasteiger partial charge on any atom is 0.230 e. The second kappa shape index (κ2) is 8.40. The predicted octanol–water partition coefficient (Wildman–Crippen LogP) is 2.60. The van der Waals surface area contributed by atoms with E-state index in [1.807, 2.05) is 31.2 Å². The number of nitrogens with two attached hydrogens (primary N) is 1. The van der Waals surface area contributed by atoms with Gasteiger partial charge in [-0.25, -0.2) is 0 Å². The summed E-state index contributed by atoms with van der Waals surface area (Å²) in [6, 6.07) is 7.62. The number of hydrogen-bond donors (Lipinski definition) is 2. The molecular formula is C13H19ClN2OS. The fourth-order valence-corrected chi connectivity index (χ4v) is 2.82. The van der Waals surface area contributed by atoms with Gasteiger partial charge in [0.25, 0.3) is 0 Å². The normalized spacial score (nSPS) is 12.2. The molecule has 0 aromatic heterocycles. The van der Waals surface area contributed by atoms with Gasteiger partial charge in [0, 0.05) is 23.4 Å². The maximum absolute atomic E-state index is 11.5. The first kappa shape index (κ1) is 15.3. The molecule has 3 N–H and O–H groups in total. The quantitative estimate of drug-likeness (QED) is 0.810. The Balaban J connectivity index is 2.53. The molecule has 0 saturated heterocycles. The number of nitrogens with one attached hydrogen (secondary N) is 1. The van der Waals surface area contributed by atoms with Gasteiger partial charge in [-0.15, -0.1) is 11.8 Å². The molecule has 0 aliphatic carbocycles. The third kappa shape index (κ3) is 4.88. The lowest BCUT2D eigenvalue weighted by atomic mass is 10.1. The zero-order valence-electron chi connectivity index (χ0n) is 10.5. The van der Waals surface area contributed by atoms with Gasteiger partial charge in [-0.2, -0.15) is 0 Å². The van der Waals surface area contributed by atoms with E-state index in [2.05, 4.69) is 5.32 Å². The van der Waals surface area contributed by atoms with Crippen molar-refractivity contribution in [2.45, 2.75) is 18.6 Å². The van der Waals surface area contributed by atoms with Gasteiger partial charge in [-0.05, 0) is 18.1 Å². The Hall–Kier alpha value is -0.710. The van der Waals surface area contributed by atoms with Crippen molar-refractivity contribution in [2.24, 2.45) is 5.73 Å². The molecule has 0 spiro atoms. The molecule has 1 atom stereocenters. The highest BCUT2D eigenvalue weighted by molar-refractivity contribution is 8.00. The van der Waals surface area contributed by atoms with Crippen LogP contribution in [-0.4, -0.2) is 24.7 Å². The summed E-state index contributed by atoms with van der Waals surface area (Å²) in [5, 5.41) is 3.61. The van der Waals surface area contributed by atoms with E-state index >= 15 is 0 Å². The molecule has 18 heavy (non-hydrogen) atoms. The van der Waals surface area contributed by atoms with Crippen LogP contribution in [-0.2, 0) is 4.79 Å². The summed E-state index contributed by atoms with van der Waals surface area (Å²) in [6.45, 7) is 3.22. The Morgan fingerprint density at radius 1 is 1.50 bits per heavy atom. The SMILES string of the molecule is CCCNC(=O)CSC(CN)c1ccccc1Cl. The first-order chi connectivity index (χ1) is 8.69. The first-order valence-electron chi connectivity index (χ1n) is 6.01. The predicted molar refractivity (Wildman–Crippen MR) is 79.0 cm³/mol. The lowest BCUT2D eigenvalue weighted by Crippen LogP contribution is -2.26. The van der Waals surface area contributed by atoms with Crippen molar-refractivity contribution >= 4 is 29.3 Å². The van der Waals surface area contributed by atoms with E-state index in [1.54, 1.807) is 0 Å². The van der Waals surface area contributed by atoms with Crippen LogP contribution in [0.2, 0.25) is 5.02 Å². The minimum Gasteiger partial charge on any atom is -0.355 e. The smallest absolute Gasteiger partial charge is 0.230 e. The van der Waals surface area contributed by atoms with Crippen LogP contribution in [0, 0.1) is 0 Å². The van der Waals surface area contributed by atoms with E-state index < -0.39 is 0 Å². The molecule has 0 fully saturated rings. The van der Waals surface area contributed by atoms with Crippen molar-refractivity contribution in [3.8, 4) is 0 Å². The Labute approximate surface area is 117 Å². The van der Waals surface area contributed by atoms with Gasteiger partial charge in [0.1, 0.15) is 0 Å². The zero-order chi connectivity index (χ0) is 13.4. The Morgan fingerprint density at radius 2 is 2.22 bits per heavy atom. The summed E-state index contributed by atoms with van der Waals surface area (Å²) < 4.78 is 0. The molecule has 0 saturated carbocycles. The fourth-order valence-electron chi connectivity index (χ4n) is 1.51. The second-order valence-corrected chi connectivity index (χ2v) is 5.51. The number of benzene rings is 1. The van der Waals surface area contributed by atoms with E-state index in [4.69, 9.17) is 17.3 Å². The van der Waals surface area contributed by atoms with Crippen molar-refractivity contribution in [1.29, 1.82) is 0 Å². The number of carbonyl (C=O) groups is 1. The van der Waals surface area contributed by atoms with Gasteiger partial charge in [0.2, 0.25) is 5.91 Å². The van der Waals surface area contributed by atoms with E-state index in [0.717, 1.165) is 18.5 Å². The Kier molecular flexibility index (Phi) is 7.16. The van der Waals surface area contributed by atoms with Crippen molar-refractivity contribution in [3.05, 3.63) is 34.9 Å². The standard InChI is InChI=1S/C13H19ClN2OS/c1-2-7-16-13(17)9-18-12(8-15)10-5-3-4-6-11(10)14/h3-6,12H,2,7-9,15H2,1H3,(H,16,17). The fraction of sp³-hybridized carbons (Fsp3) is 0.462. The lowest BCUT2D eigenvalue weighted by Gasteiger charge is -2.16. The topological polar surface area (TPSA) is 55.1 Å². The molecule has 5 heteroatoms. The van der Waals surface area contributed by atoms with E-state index in [0.29, 0.717) is 17.3 Å². The van der Waals surface area contributed by atoms with Crippen LogP contribution in [0.5, 0.6) is 0 Å². The van der Waals surface area contributed by atoms with Gasteiger partial charge < -0.3 is 11.1 Å². The molecule has 100 valence electrons. The monoisotopic (exact) mass is 286 g/mol. The average molecular weight is 287 g/mol. The highest BCUT2D eigenvalue weighted by Crippen LogP contribution is 2.32. The first-order valence-corrected chi connectivity index (χ1v) is 7.44. The van der Waals surface area contributed by atoms with Crippen LogP contribution in [0.4, 0.5) is 0 Å². The number of halogens is 1. The summed E-state index contributed by atoms with van der Waals surface area (Å²) in [5.74, 6) is 0.458. The van der Waals surface area contributed by atoms with Gasteiger partial charge in [-0.1, -0.05) is 36.7 Å². The highest BCUT2D eigenvalue weighted by Gasteiger charge is 2.14.